The van der Waals surface area contributed by atoms with Crippen molar-refractivity contribution >= 4 is 45.4 Å². The number of thiazole rings is 1. The van der Waals surface area contributed by atoms with Crippen molar-refractivity contribution in [2.45, 2.75) is 0 Å². The van der Waals surface area contributed by atoms with Crippen molar-refractivity contribution in [3.8, 4) is 11.3 Å². The van der Waals surface area contributed by atoms with Gasteiger partial charge in [-0.15, -0.1) is 16.4 Å². The summed E-state index contributed by atoms with van der Waals surface area (Å²) in [5, 5.41) is 7.27. The van der Waals surface area contributed by atoms with Gasteiger partial charge >= 0.3 is 0 Å². The first kappa shape index (κ1) is 10.8. The van der Waals surface area contributed by atoms with Gasteiger partial charge in [0.25, 0.3) is 0 Å². The van der Waals surface area contributed by atoms with Gasteiger partial charge in [-0.25, -0.2) is 4.52 Å². The molecule has 0 fully saturated rings. The van der Waals surface area contributed by atoms with E-state index in [0.717, 1.165) is 16.2 Å². The third-order valence-electron chi connectivity index (χ3n) is 2.30. The minimum Gasteiger partial charge on any atom is -0.366 e. The maximum Gasteiger partial charge on any atom is 0.241 e. The standard InChI is InChI=1S/C10H6Cl2N4S/c11-5-1-2-7(12)6(3-5)8-4-17-10-14-9(13)15-16(8)10/h1-4H,(H2,13,15). The molecule has 2 aromatic heterocycles. The van der Waals surface area contributed by atoms with E-state index in [2.05, 4.69) is 10.1 Å². The third kappa shape index (κ3) is 1.76. The summed E-state index contributed by atoms with van der Waals surface area (Å²) in [5.74, 6) is 0.247. The van der Waals surface area contributed by atoms with E-state index in [1.807, 2.05) is 5.38 Å². The molecule has 0 amide bonds. The zero-order chi connectivity index (χ0) is 12.0. The average Bonchev–Trinajstić information content (AvgIpc) is 2.80. The van der Waals surface area contributed by atoms with Crippen LogP contribution in [0.3, 0.4) is 0 Å². The van der Waals surface area contributed by atoms with Crippen LogP contribution < -0.4 is 5.73 Å². The molecule has 0 aliphatic rings. The monoisotopic (exact) mass is 284 g/mol. The first-order chi connectivity index (χ1) is 8.15. The normalized spacial score (nSPS) is 11.2. The molecule has 0 saturated carbocycles. The molecule has 0 aliphatic heterocycles. The van der Waals surface area contributed by atoms with Crippen LogP contribution in [0.5, 0.6) is 0 Å². The molecule has 86 valence electrons. The highest BCUT2D eigenvalue weighted by molar-refractivity contribution is 7.15. The maximum atomic E-state index is 6.15. The number of nitrogens with two attached hydrogens (primary N) is 1. The van der Waals surface area contributed by atoms with Crippen molar-refractivity contribution in [1.82, 2.24) is 14.6 Å². The minimum atomic E-state index is 0.247. The van der Waals surface area contributed by atoms with Gasteiger partial charge in [0.05, 0.1) is 10.7 Å². The SMILES string of the molecule is Nc1nc2scc(-c3cc(Cl)ccc3Cl)n2n1. The Balaban J connectivity index is 2.29. The quantitative estimate of drug-likeness (QED) is 0.746. The molecule has 0 radical (unpaired) electrons. The molecule has 0 saturated heterocycles. The van der Waals surface area contributed by atoms with Crippen LogP contribution in [-0.4, -0.2) is 14.6 Å². The Kier molecular flexibility index (Phi) is 2.47. The van der Waals surface area contributed by atoms with Crippen molar-refractivity contribution in [2.75, 3.05) is 5.73 Å². The van der Waals surface area contributed by atoms with Crippen LogP contribution in [0.2, 0.25) is 10.0 Å². The fourth-order valence-electron chi connectivity index (χ4n) is 1.58. The Labute approximate surface area is 111 Å². The lowest BCUT2D eigenvalue weighted by atomic mass is 10.2. The van der Waals surface area contributed by atoms with E-state index in [4.69, 9.17) is 28.9 Å². The second-order valence-corrected chi connectivity index (χ2v) is 5.09. The lowest BCUT2D eigenvalue weighted by molar-refractivity contribution is 0.992. The molecule has 3 rings (SSSR count). The third-order valence-corrected chi connectivity index (χ3v) is 3.68. The highest BCUT2D eigenvalue weighted by Crippen LogP contribution is 2.32. The summed E-state index contributed by atoms with van der Waals surface area (Å²) in [5.41, 5.74) is 7.20. The molecule has 0 spiro atoms. The number of anilines is 1. The number of halogens is 2. The van der Waals surface area contributed by atoms with Crippen LogP contribution in [-0.2, 0) is 0 Å². The molecule has 0 aliphatic carbocycles. The zero-order valence-corrected chi connectivity index (χ0v) is 10.7. The van der Waals surface area contributed by atoms with Crippen LogP contribution in [0.15, 0.2) is 23.6 Å². The Morgan fingerprint density at radius 1 is 1.29 bits per heavy atom. The summed E-state index contributed by atoms with van der Waals surface area (Å²) >= 11 is 13.6. The number of fused-ring (bicyclic) bond motifs is 1. The second kappa shape index (κ2) is 3.87. The smallest absolute Gasteiger partial charge is 0.241 e. The Morgan fingerprint density at radius 3 is 2.94 bits per heavy atom. The molecule has 0 atom stereocenters. The van der Waals surface area contributed by atoms with Crippen molar-refractivity contribution in [2.24, 2.45) is 0 Å². The Bertz CT molecular complexity index is 703. The molecule has 17 heavy (non-hydrogen) atoms. The van der Waals surface area contributed by atoms with Crippen LogP contribution in [0, 0.1) is 0 Å². The topological polar surface area (TPSA) is 56.2 Å². The van der Waals surface area contributed by atoms with Gasteiger partial charge in [0.1, 0.15) is 0 Å². The summed E-state index contributed by atoms with van der Waals surface area (Å²) in [6.45, 7) is 0. The number of hydrogen-bond donors (Lipinski definition) is 1. The molecule has 7 heteroatoms. The first-order valence-corrected chi connectivity index (χ1v) is 6.34. The molecular formula is C10H6Cl2N4S. The Hall–Kier alpha value is -1.30. The maximum absolute atomic E-state index is 6.15. The lowest BCUT2D eigenvalue weighted by Gasteiger charge is -2.02. The Morgan fingerprint density at radius 2 is 2.12 bits per heavy atom. The molecule has 4 nitrogen and oxygen atoms in total. The summed E-state index contributed by atoms with van der Waals surface area (Å²) in [6.07, 6.45) is 0. The van der Waals surface area contributed by atoms with E-state index < -0.39 is 0 Å². The number of rotatable bonds is 1. The molecule has 0 unspecified atom stereocenters. The van der Waals surface area contributed by atoms with E-state index in [1.165, 1.54) is 11.3 Å². The largest absolute Gasteiger partial charge is 0.366 e. The van der Waals surface area contributed by atoms with Gasteiger partial charge in [0.15, 0.2) is 0 Å². The average molecular weight is 285 g/mol. The molecule has 3 aromatic rings. The predicted octanol–water partition coefficient (Wildman–Crippen LogP) is 3.35. The molecule has 2 N–H and O–H groups in total. The second-order valence-electron chi connectivity index (χ2n) is 3.41. The molecular weight excluding hydrogens is 279 g/mol. The van der Waals surface area contributed by atoms with Crippen molar-refractivity contribution in [3.05, 3.63) is 33.6 Å². The number of aromatic nitrogens is 3. The van der Waals surface area contributed by atoms with E-state index in [1.54, 1.807) is 22.7 Å². The van der Waals surface area contributed by atoms with Crippen molar-refractivity contribution in [3.63, 3.8) is 0 Å². The summed E-state index contributed by atoms with van der Waals surface area (Å²) < 4.78 is 1.66. The van der Waals surface area contributed by atoms with E-state index in [9.17, 15) is 0 Å². The molecule has 1 aromatic carbocycles. The highest BCUT2D eigenvalue weighted by atomic mass is 35.5. The van der Waals surface area contributed by atoms with Crippen molar-refractivity contribution < 1.29 is 0 Å². The van der Waals surface area contributed by atoms with Crippen LogP contribution >= 0.6 is 34.5 Å². The van der Waals surface area contributed by atoms with E-state index >= 15 is 0 Å². The van der Waals surface area contributed by atoms with Crippen LogP contribution in [0.25, 0.3) is 16.2 Å². The van der Waals surface area contributed by atoms with Gasteiger partial charge in [0.2, 0.25) is 10.9 Å². The van der Waals surface area contributed by atoms with Gasteiger partial charge in [-0.05, 0) is 18.2 Å². The number of nitrogen functional groups attached to an aromatic ring is 1. The fourth-order valence-corrected chi connectivity index (χ4v) is 2.79. The summed E-state index contributed by atoms with van der Waals surface area (Å²) in [4.78, 5) is 4.81. The van der Waals surface area contributed by atoms with Crippen LogP contribution in [0.1, 0.15) is 0 Å². The number of hydrogen-bond acceptors (Lipinski definition) is 4. The fraction of sp³-hybridized carbons (Fsp3) is 0. The number of benzene rings is 1. The van der Waals surface area contributed by atoms with Gasteiger partial charge in [0, 0.05) is 16.0 Å². The zero-order valence-electron chi connectivity index (χ0n) is 8.39. The van der Waals surface area contributed by atoms with Gasteiger partial charge in [-0.3, -0.25) is 0 Å². The van der Waals surface area contributed by atoms with Crippen molar-refractivity contribution in [1.29, 1.82) is 0 Å². The number of nitrogens with zero attached hydrogens (tertiary/aromatic N) is 3. The predicted molar refractivity (Wildman–Crippen MR) is 70.7 cm³/mol. The van der Waals surface area contributed by atoms with Gasteiger partial charge < -0.3 is 5.73 Å². The molecule has 2 heterocycles. The minimum absolute atomic E-state index is 0.247. The highest BCUT2D eigenvalue weighted by Gasteiger charge is 2.13. The van der Waals surface area contributed by atoms with Gasteiger partial charge in [-0.1, -0.05) is 23.2 Å². The van der Waals surface area contributed by atoms with Gasteiger partial charge in [-0.2, -0.15) is 4.98 Å². The first-order valence-electron chi connectivity index (χ1n) is 4.70. The van der Waals surface area contributed by atoms with E-state index in [-0.39, 0.29) is 5.95 Å². The lowest BCUT2D eigenvalue weighted by Crippen LogP contribution is -1.91. The molecule has 0 bridgehead atoms. The van der Waals surface area contributed by atoms with Crippen LogP contribution in [0.4, 0.5) is 5.95 Å². The van der Waals surface area contributed by atoms with E-state index in [0.29, 0.717) is 10.0 Å². The summed E-state index contributed by atoms with van der Waals surface area (Å²) in [6, 6.07) is 5.29. The summed E-state index contributed by atoms with van der Waals surface area (Å²) in [7, 11) is 0.